The van der Waals surface area contributed by atoms with Crippen LogP contribution in [0, 0.1) is 6.92 Å². The number of carbonyl (C=O) groups is 1. The molecule has 1 unspecified atom stereocenters. The summed E-state index contributed by atoms with van der Waals surface area (Å²) in [5, 5.41) is 3.58. The zero-order valence-corrected chi connectivity index (χ0v) is 13.2. The van der Waals surface area contributed by atoms with Crippen molar-refractivity contribution in [3.05, 3.63) is 22.1 Å². The Bertz CT molecular complexity index is 559. The van der Waals surface area contributed by atoms with Crippen molar-refractivity contribution in [3.8, 4) is 0 Å². The number of nitrogens with zero attached hydrogens (tertiary/aromatic N) is 2. The van der Waals surface area contributed by atoms with Gasteiger partial charge in [0.15, 0.2) is 5.16 Å². The summed E-state index contributed by atoms with van der Waals surface area (Å²) in [6.45, 7) is 5.64. The first-order valence-electron chi connectivity index (χ1n) is 7.19. The van der Waals surface area contributed by atoms with Crippen molar-refractivity contribution in [1.82, 2.24) is 14.9 Å². The molecule has 6 nitrogen and oxygen atoms in total. The third-order valence-electron chi connectivity index (χ3n) is 3.31. The van der Waals surface area contributed by atoms with Crippen LogP contribution >= 0.6 is 11.8 Å². The molecule has 0 spiro atoms. The Hall–Kier alpha value is -1.34. The molecular formula is C14H21N3O3S. The highest BCUT2D eigenvalue weighted by atomic mass is 32.2. The molecule has 1 aromatic heterocycles. The molecule has 0 fully saturated rings. The molecule has 0 aromatic carbocycles. The van der Waals surface area contributed by atoms with Gasteiger partial charge in [0.1, 0.15) is 0 Å². The lowest BCUT2D eigenvalue weighted by molar-refractivity contribution is -0.121. The molecule has 1 aromatic rings. The number of rotatable bonds is 7. The highest BCUT2D eigenvalue weighted by molar-refractivity contribution is 7.99. The number of nitrogens with one attached hydrogen (secondary N) is 1. The van der Waals surface area contributed by atoms with Crippen molar-refractivity contribution in [2.75, 3.05) is 25.5 Å². The van der Waals surface area contributed by atoms with Crippen LogP contribution in [0.1, 0.15) is 31.4 Å². The predicted octanol–water partition coefficient (Wildman–Crippen LogP) is 1.13. The highest BCUT2D eigenvalue weighted by Crippen LogP contribution is 2.31. The molecular weight excluding hydrogens is 290 g/mol. The van der Waals surface area contributed by atoms with Gasteiger partial charge in [0.25, 0.3) is 5.56 Å². The molecule has 1 N–H and O–H groups in total. The number of amides is 1. The second-order valence-electron chi connectivity index (χ2n) is 4.97. The predicted molar refractivity (Wildman–Crippen MR) is 81.7 cm³/mol. The number of aryl methyl sites for hydroxylation is 1. The van der Waals surface area contributed by atoms with E-state index < -0.39 is 0 Å². The summed E-state index contributed by atoms with van der Waals surface area (Å²) in [5.41, 5.74) is 0.572. The minimum absolute atomic E-state index is 0.0293. The van der Waals surface area contributed by atoms with Crippen LogP contribution in [-0.4, -0.2) is 41.0 Å². The van der Waals surface area contributed by atoms with Crippen molar-refractivity contribution in [1.29, 1.82) is 0 Å². The van der Waals surface area contributed by atoms with E-state index in [0.29, 0.717) is 36.9 Å². The maximum absolute atomic E-state index is 12.1. The summed E-state index contributed by atoms with van der Waals surface area (Å²) in [7, 11) is 0. The lowest BCUT2D eigenvalue weighted by Gasteiger charge is -2.13. The van der Waals surface area contributed by atoms with Crippen LogP contribution in [0.15, 0.2) is 16.1 Å². The van der Waals surface area contributed by atoms with Crippen molar-refractivity contribution in [3.63, 3.8) is 0 Å². The topological polar surface area (TPSA) is 73.2 Å². The molecule has 0 radical (unpaired) electrons. The highest BCUT2D eigenvalue weighted by Gasteiger charge is 2.27. The van der Waals surface area contributed by atoms with Crippen LogP contribution < -0.4 is 10.9 Å². The van der Waals surface area contributed by atoms with Gasteiger partial charge in [-0.25, -0.2) is 4.98 Å². The Morgan fingerprint density at radius 3 is 3.19 bits per heavy atom. The van der Waals surface area contributed by atoms with Gasteiger partial charge in [-0.2, -0.15) is 0 Å². The number of fused-ring (bicyclic) bond motifs is 1. The SMILES string of the molecule is CCOCCCNC(=O)CC1CSc2ncc(C)c(=O)n21. The Labute approximate surface area is 128 Å². The minimum atomic E-state index is -0.100. The van der Waals surface area contributed by atoms with E-state index in [1.807, 2.05) is 6.92 Å². The fourth-order valence-electron chi connectivity index (χ4n) is 2.20. The lowest BCUT2D eigenvalue weighted by atomic mass is 10.2. The molecule has 116 valence electrons. The number of aromatic nitrogens is 2. The van der Waals surface area contributed by atoms with E-state index >= 15 is 0 Å². The summed E-state index contributed by atoms with van der Waals surface area (Å²) in [5.74, 6) is 0.691. The summed E-state index contributed by atoms with van der Waals surface area (Å²) >= 11 is 1.53. The Morgan fingerprint density at radius 1 is 1.62 bits per heavy atom. The van der Waals surface area contributed by atoms with E-state index in [-0.39, 0.29) is 17.5 Å². The normalized spacial score (nSPS) is 16.8. The molecule has 1 atom stereocenters. The molecule has 7 heteroatoms. The number of hydrogen-bond donors (Lipinski definition) is 1. The third-order valence-corrected chi connectivity index (χ3v) is 4.43. The van der Waals surface area contributed by atoms with E-state index in [2.05, 4.69) is 10.3 Å². The molecule has 2 heterocycles. The lowest BCUT2D eigenvalue weighted by Crippen LogP contribution is -2.32. The van der Waals surface area contributed by atoms with E-state index in [4.69, 9.17) is 4.74 Å². The second kappa shape index (κ2) is 7.61. The Kier molecular flexibility index (Phi) is 5.81. The van der Waals surface area contributed by atoms with E-state index in [9.17, 15) is 9.59 Å². The smallest absolute Gasteiger partial charge is 0.257 e. The molecule has 1 aliphatic rings. The van der Waals surface area contributed by atoms with Gasteiger partial charge in [-0.3, -0.25) is 14.2 Å². The first-order chi connectivity index (χ1) is 10.1. The van der Waals surface area contributed by atoms with Crippen LogP contribution in [0.2, 0.25) is 0 Å². The fraction of sp³-hybridized carbons (Fsp3) is 0.643. The average molecular weight is 311 g/mol. The largest absolute Gasteiger partial charge is 0.382 e. The van der Waals surface area contributed by atoms with Crippen LogP contribution in [0.4, 0.5) is 0 Å². The summed E-state index contributed by atoms with van der Waals surface area (Å²) in [6.07, 6.45) is 2.72. The standard InChI is InChI=1S/C14H21N3O3S/c1-3-20-6-4-5-15-12(18)7-11-9-21-14-16-8-10(2)13(19)17(11)14/h8,11H,3-7,9H2,1-2H3,(H,15,18). The second-order valence-corrected chi connectivity index (χ2v) is 5.96. The van der Waals surface area contributed by atoms with Gasteiger partial charge >= 0.3 is 0 Å². The molecule has 0 aliphatic carbocycles. The molecule has 0 bridgehead atoms. The van der Waals surface area contributed by atoms with Gasteiger partial charge in [-0.05, 0) is 20.3 Å². The van der Waals surface area contributed by atoms with Gasteiger partial charge in [-0.15, -0.1) is 0 Å². The van der Waals surface area contributed by atoms with E-state index in [1.54, 1.807) is 17.7 Å². The number of thioether (sulfide) groups is 1. The number of hydrogen-bond acceptors (Lipinski definition) is 5. The summed E-state index contributed by atoms with van der Waals surface area (Å²) in [6, 6.07) is -0.100. The van der Waals surface area contributed by atoms with Gasteiger partial charge in [0.2, 0.25) is 5.91 Å². The molecule has 0 saturated heterocycles. The summed E-state index contributed by atoms with van der Waals surface area (Å²) in [4.78, 5) is 28.3. The van der Waals surface area contributed by atoms with E-state index in [1.165, 1.54) is 11.8 Å². The van der Waals surface area contributed by atoms with Crippen molar-refractivity contribution in [2.45, 2.75) is 37.9 Å². The van der Waals surface area contributed by atoms with Crippen LogP contribution in [0.5, 0.6) is 0 Å². The minimum Gasteiger partial charge on any atom is -0.382 e. The monoisotopic (exact) mass is 311 g/mol. The van der Waals surface area contributed by atoms with Gasteiger partial charge < -0.3 is 10.1 Å². The summed E-state index contributed by atoms with van der Waals surface area (Å²) < 4.78 is 6.87. The molecule has 2 rings (SSSR count). The quantitative estimate of drug-likeness (QED) is 0.604. The number of ether oxygens (including phenoxy) is 1. The Balaban J connectivity index is 1.87. The molecule has 1 amide bonds. The van der Waals surface area contributed by atoms with Crippen LogP contribution in [0.25, 0.3) is 0 Å². The van der Waals surface area contributed by atoms with E-state index in [0.717, 1.165) is 12.2 Å². The van der Waals surface area contributed by atoms with Gasteiger partial charge in [-0.1, -0.05) is 11.8 Å². The van der Waals surface area contributed by atoms with Gasteiger partial charge in [0, 0.05) is 43.7 Å². The van der Waals surface area contributed by atoms with Gasteiger partial charge in [0.05, 0.1) is 6.04 Å². The van der Waals surface area contributed by atoms with Crippen molar-refractivity contribution < 1.29 is 9.53 Å². The first kappa shape index (κ1) is 16.0. The average Bonchev–Trinajstić information content (AvgIpc) is 2.86. The zero-order chi connectivity index (χ0) is 15.2. The Morgan fingerprint density at radius 2 is 2.43 bits per heavy atom. The fourth-order valence-corrected chi connectivity index (χ4v) is 3.31. The maximum atomic E-state index is 12.1. The first-order valence-corrected chi connectivity index (χ1v) is 8.17. The zero-order valence-electron chi connectivity index (χ0n) is 12.4. The molecule has 1 aliphatic heterocycles. The third kappa shape index (κ3) is 4.07. The van der Waals surface area contributed by atoms with Crippen LogP contribution in [0.3, 0.4) is 0 Å². The van der Waals surface area contributed by atoms with Crippen LogP contribution in [-0.2, 0) is 9.53 Å². The maximum Gasteiger partial charge on any atom is 0.257 e. The molecule has 21 heavy (non-hydrogen) atoms. The number of carbonyl (C=O) groups excluding carboxylic acids is 1. The van der Waals surface area contributed by atoms with Crippen molar-refractivity contribution in [2.24, 2.45) is 0 Å². The van der Waals surface area contributed by atoms with Crippen molar-refractivity contribution >= 4 is 17.7 Å². The molecule has 0 saturated carbocycles.